The van der Waals surface area contributed by atoms with Crippen molar-refractivity contribution in [1.29, 1.82) is 0 Å². The molecule has 1 atom stereocenters. The van der Waals surface area contributed by atoms with Crippen molar-refractivity contribution in [3.63, 3.8) is 0 Å². The highest BCUT2D eigenvalue weighted by Gasteiger charge is 2.37. The van der Waals surface area contributed by atoms with E-state index in [-0.39, 0.29) is 25.2 Å². The molecule has 86 valence electrons. The van der Waals surface area contributed by atoms with E-state index in [2.05, 4.69) is 0 Å². The summed E-state index contributed by atoms with van der Waals surface area (Å²) >= 11 is 0. The van der Waals surface area contributed by atoms with Crippen LogP contribution in [-0.4, -0.2) is 58.5 Å². The molecular weight excluding hydrogens is 196 g/mol. The number of rotatable bonds is 3. The van der Waals surface area contributed by atoms with Gasteiger partial charge in [0.15, 0.2) is 0 Å². The van der Waals surface area contributed by atoms with Crippen molar-refractivity contribution in [2.45, 2.75) is 32.9 Å². The Bertz CT molecular complexity index is 265. The lowest BCUT2D eigenvalue weighted by Gasteiger charge is -2.40. The molecule has 0 bridgehead atoms. The first kappa shape index (κ1) is 12.0. The number of amides is 2. The average molecular weight is 214 g/mol. The summed E-state index contributed by atoms with van der Waals surface area (Å²) in [5, 5.41) is 8.77. The third-order valence-electron chi connectivity index (χ3n) is 2.59. The van der Waals surface area contributed by atoms with E-state index < -0.39 is 11.8 Å². The van der Waals surface area contributed by atoms with Gasteiger partial charge in [-0.2, -0.15) is 0 Å². The zero-order valence-electron chi connectivity index (χ0n) is 9.43. The van der Waals surface area contributed by atoms with Gasteiger partial charge >= 0.3 is 11.8 Å². The summed E-state index contributed by atoms with van der Waals surface area (Å²) in [6.45, 7) is 6.33. The summed E-state index contributed by atoms with van der Waals surface area (Å²) in [7, 11) is 0. The Hall–Kier alpha value is -1.10. The molecule has 0 aromatic carbocycles. The van der Waals surface area contributed by atoms with Crippen LogP contribution in [0.4, 0.5) is 0 Å². The van der Waals surface area contributed by atoms with Gasteiger partial charge in [-0.15, -0.1) is 0 Å². The van der Waals surface area contributed by atoms with Gasteiger partial charge < -0.3 is 14.9 Å². The maximum Gasteiger partial charge on any atom is 0.312 e. The summed E-state index contributed by atoms with van der Waals surface area (Å²) in [5.74, 6) is -0.965. The van der Waals surface area contributed by atoms with E-state index >= 15 is 0 Å². The van der Waals surface area contributed by atoms with E-state index in [0.29, 0.717) is 6.54 Å². The minimum atomic E-state index is -0.504. The Morgan fingerprint density at radius 1 is 1.40 bits per heavy atom. The topological polar surface area (TPSA) is 60.9 Å². The van der Waals surface area contributed by atoms with E-state index in [9.17, 15) is 9.59 Å². The molecule has 15 heavy (non-hydrogen) atoms. The fourth-order valence-corrected chi connectivity index (χ4v) is 1.99. The van der Waals surface area contributed by atoms with Crippen LogP contribution in [0.1, 0.15) is 20.8 Å². The third-order valence-corrected chi connectivity index (χ3v) is 2.59. The molecule has 0 aromatic rings. The Balaban J connectivity index is 2.79. The van der Waals surface area contributed by atoms with Crippen LogP contribution < -0.4 is 0 Å². The maximum atomic E-state index is 11.7. The van der Waals surface area contributed by atoms with Crippen molar-refractivity contribution in [2.75, 3.05) is 19.7 Å². The first-order valence-corrected chi connectivity index (χ1v) is 5.21. The normalized spacial score (nSPS) is 22.9. The second-order valence-electron chi connectivity index (χ2n) is 4.13. The standard InChI is InChI=1S/C10H18N2O3/c1-7(2)12-8(3)6-11(4-5-13)9(14)10(12)15/h7-8,13H,4-6H2,1-3H3. The van der Waals surface area contributed by atoms with Crippen LogP contribution >= 0.6 is 0 Å². The summed E-state index contributed by atoms with van der Waals surface area (Å²) in [4.78, 5) is 26.3. The minimum Gasteiger partial charge on any atom is -0.395 e. The summed E-state index contributed by atoms with van der Waals surface area (Å²) in [6, 6.07) is 0.0504. The van der Waals surface area contributed by atoms with Gasteiger partial charge in [0.2, 0.25) is 0 Å². The van der Waals surface area contributed by atoms with Crippen molar-refractivity contribution in [1.82, 2.24) is 9.80 Å². The molecule has 1 saturated heterocycles. The van der Waals surface area contributed by atoms with E-state index in [0.717, 1.165) is 0 Å². The van der Waals surface area contributed by atoms with E-state index in [1.807, 2.05) is 20.8 Å². The smallest absolute Gasteiger partial charge is 0.312 e. The van der Waals surface area contributed by atoms with Gasteiger partial charge in [0.25, 0.3) is 0 Å². The Labute approximate surface area is 89.7 Å². The fraction of sp³-hybridized carbons (Fsp3) is 0.800. The van der Waals surface area contributed by atoms with Gasteiger partial charge in [-0.3, -0.25) is 9.59 Å². The maximum absolute atomic E-state index is 11.7. The molecule has 1 aliphatic rings. The summed E-state index contributed by atoms with van der Waals surface area (Å²) in [5.41, 5.74) is 0. The van der Waals surface area contributed by atoms with Crippen LogP contribution in [-0.2, 0) is 9.59 Å². The molecule has 1 unspecified atom stereocenters. The minimum absolute atomic E-state index is 0.0155. The largest absolute Gasteiger partial charge is 0.395 e. The molecule has 5 nitrogen and oxygen atoms in total. The highest BCUT2D eigenvalue weighted by Crippen LogP contribution is 2.14. The summed E-state index contributed by atoms with van der Waals surface area (Å²) in [6.07, 6.45) is 0. The zero-order chi connectivity index (χ0) is 11.6. The number of hydrogen-bond acceptors (Lipinski definition) is 3. The van der Waals surface area contributed by atoms with Crippen molar-refractivity contribution in [3.05, 3.63) is 0 Å². The van der Waals surface area contributed by atoms with Gasteiger partial charge in [0.1, 0.15) is 0 Å². The summed E-state index contributed by atoms with van der Waals surface area (Å²) < 4.78 is 0. The van der Waals surface area contributed by atoms with Gasteiger partial charge in [-0.05, 0) is 20.8 Å². The number of aliphatic hydroxyl groups is 1. The highest BCUT2D eigenvalue weighted by molar-refractivity contribution is 6.35. The second kappa shape index (κ2) is 4.61. The molecule has 5 heteroatoms. The molecule has 2 amide bonds. The molecular formula is C10H18N2O3. The number of nitrogens with zero attached hydrogens (tertiary/aromatic N) is 2. The SMILES string of the molecule is CC(C)N1C(=O)C(=O)N(CCO)CC1C. The number of carbonyl (C=O) groups excluding carboxylic acids is 2. The lowest BCUT2D eigenvalue weighted by Crippen LogP contribution is -2.60. The lowest BCUT2D eigenvalue weighted by molar-refractivity contribution is -0.160. The molecule has 1 N–H and O–H groups in total. The zero-order valence-corrected chi connectivity index (χ0v) is 9.43. The highest BCUT2D eigenvalue weighted by atomic mass is 16.3. The number of hydrogen-bond donors (Lipinski definition) is 1. The van der Waals surface area contributed by atoms with Crippen molar-refractivity contribution in [2.24, 2.45) is 0 Å². The molecule has 0 aliphatic carbocycles. The third kappa shape index (κ3) is 2.28. The van der Waals surface area contributed by atoms with Gasteiger partial charge in [0, 0.05) is 25.2 Å². The van der Waals surface area contributed by atoms with E-state index in [1.54, 1.807) is 4.90 Å². The number of piperazine rings is 1. The van der Waals surface area contributed by atoms with Gasteiger partial charge in [0.05, 0.1) is 6.61 Å². The van der Waals surface area contributed by atoms with Crippen molar-refractivity contribution >= 4 is 11.8 Å². The van der Waals surface area contributed by atoms with Crippen molar-refractivity contribution < 1.29 is 14.7 Å². The molecule has 1 fully saturated rings. The number of carbonyl (C=O) groups is 2. The van der Waals surface area contributed by atoms with Crippen LogP contribution in [0, 0.1) is 0 Å². The van der Waals surface area contributed by atoms with E-state index in [4.69, 9.17) is 5.11 Å². The predicted molar refractivity (Wildman–Crippen MR) is 55.1 cm³/mol. The first-order valence-electron chi connectivity index (χ1n) is 5.21. The molecule has 1 rings (SSSR count). The first-order chi connectivity index (χ1) is 6.99. The van der Waals surface area contributed by atoms with Crippen molar-refractivity contribution in [3.8, 4) is 0 Å². The number of β-amino-alcohol motifs (C(OH)–C–C–N with tert-alkyl or cyclic N) is 1. The Morgan fingerprint density at radius 3 is 2.47 bits per heavy atom. The average Bonchev–Trinajstić information content (AvgIpc) is 2.13. The lowest BCUT2D eigenvalue weighted by atomic mass is 10.1. The van der Waals surface area contributed by atoms with Crippen LogP contribution in [0.15, 0.2) is 0 Å². The van der Waals surface area contributed by atoms with Gasteiger partial charge in [-0.1, -0.05) is 0 Å². The van der Waals surface area contributed by atoms with Crippen LogP contribution in [0.2, 0.25) is 0 Å². The van der Waals surface area contributed by atoms with Gasteiger partial charge in [-0.25, -0.2) is 0 Å². The molecule has 1 heterocycles. The Morgan fingerprint density at radius 2 is 2.00 bits per heavy atom. The number of aliphatic hydroxyl groups excluding tert-OH is 1. The molecule has 0 spiro atoms. The monoisotopic (exact) mass is 214 g/mol. The Kier molecular flexibility index (Phi) is 3.68. The molecule has 0 aromatic heterocycles. The van der Waals surface area contributed by atoms with Crippen LogP contribution in [0.25, 0.3) is 0 Å². The van der Waals surface area contributed by atoms with E-state index in [1.165, 1.54) is 4.90 Å². The fourth-order valence-electron chi connectivity index (χ4n) is 1.99. The van der Waals surface area contributed by atoms with Crippen LogP contribution in [0.5, 0.6) is 0 Å². The molecule has 1 aliphatic heterocycles. The second-order valence-corrected chi connectivity index (χ2v) is 4.13. The molecule has 0 saturated carbocycles. The molecule has 0 radical (unpaired) electrons. The predicted octanol–water partition coefficient (Wildman–Crippen LogP) is -0.554. The quantitative estimate of drug-likeness (QED) is 0.641. The van der Waals surface area contributed by atoms with Crippen LogP contribution in [0.3, 0.4) is 0 Å².